The van der Waals surface area contributed by atoms with Crippen LogP contribution in [-0.4, -0.2) is 45.5 Å². The van der Waals surface area contributed by atoms with Gasteiger partial charge in [-0.3, -0.25) is 14.5 Å². The third kappa shape index (κ3) is 3.48. The first-order valence-corrected chi connectivity index (χ1v) is 8.26. The first-order valence-electron chi connectivity index (χ1n) is 6.40. The first-order chi connectivity index (χ1) is 10.0. The molecule has 0 bridgehead atoms. The molecule has 7 heteroatoms. The van der Waals surface area contributed by atoms with Crippen molar-refractivity contribution in [1.82, 2.24) is 4.90 Å². The van der Waals surface area contributed by atoms with Crippen LogP contribution in [-0.2, 0) is 14.3 Å². The van der Waals surface area contributed by atoms with Crippen molar-refractivity contribution < 1.29 is 14.3 Å². The molecule has 1 saturated heterocycles. The number of ether oxygens (including phenoxy) is 1. The number of carbonyl (C=O) groups excluding carboxylic acids is 2. The molecule has 1 aliphatic rings. The van der Waals surface area contributed by atoms with Gasteiger partial charge in [0.15, 0.2) is 5.37 Å². The molecule has 1 N–H and O–H groups in total. The third-order valence-corrected chi connectivity index (χ3v) is 5.30. The number of esters is 1. The van der Waals surface area contributed by atoms with E-state index >= 15 is 0 Å². The number of thiocarbonyl (C=S) groups is 1. The molecule has 21 heavy (non-hydrogen) atoms. The van der Waals surface area contributed by atoms with E-state index in [1.807, 2.05) is 30.3 Å². The minimum Gasteiger partial charge on any atom is -0.465 e. The highest BCUT2D eigenvalue weighted by Crippen LogP contribution is 2.33. The summed E-state index contributed by atoms with van der Waals surface area (Å²) >= 11 is 5.24. The maximum atomic E-state index is 12.4. The molecule has 2 rings (SSSR count). The number of rotatable bonds is 5. The SMILES string of the molecule is C=S1C(=S)N(CC(=O)OCC)C(=O)C1Nc1ccccc1. The normalized spacial score (nSPS) is 21.5. The lowest BCUT2D eigenvalue weighted by atomic mass is 10.3. The molecule has 0 radical (unpaired) electrons. The van der Waals surface area contributed by atoms with Gasteiger partial charge >= 0.3 is 5.97 Å². The van der Waals surface area contributed by atoms with Crippen LogP contribution in [0.4, 0.5) is 5.69 Å². The Labute approximate surface area is 131 Å². The summed E-state index contributed by atoms with van der Waals surface area (Å²) in [5.74, 6) is 3.25. The minimum absolute atomic E-state index is 0.155. The fourth-order valence-corrected chi connectivity index (χ4v) is 3.62. The number of para-hydroxylation sites is 1. The highest BCUT2D eigenvalue weighted by atomic mass is 32.2. The molecule has 2 atom stereocenters. The second-order valence-corrected chi connectivity index (χ2v) is 6.68. The number of amides is 1. The van der Waals surface area contributed by atoms with E-state index in [0.717, 1.165) is 5.69 Å². The van der Waals surface area contributed by atoms with Crippen LogP contribution in [0.1, 0.15) is 6.92 Å². The minimum atomic E-state index is -0.697. The van der Waals surface area contributed by atoms with Gasteiger partial charge in [-0.2, -0.15) is 0 Å². The molecule has 0 aliphatic carbocycles. The average molecular weight is 324 g/mol. The molecule has 0 saturated carbocycles. The third-order valence-electron chi connectivity index (χ3n) is 2.88. The molecule has 5 nitrogen and oxygen atoms in total. The van der Waals surface area contributed by atoms with Gasteiger partial charge in [-0.15, -0.1) is 10.5 Å². The Morgan fingerprint density at radius 3 is 2.76 bits per heavy atom. The van der Waals surface area contributed by atoms with Crippen molar-refractivity contribution in [2.75, 3.05) is 18.5 Å². The monoisotopic (exact) mass is 324 g/mol. The molecule has 2 unspecified atom stereocenters. The van der Waals surface area contributed by atoms with Gasteiger partial charge < -0.3 is 10.1 Å². The second kappa shape index (κ2) is 6.82. The van der Waals surface area contributed by atoms with Crippen molar-refractivity contribution in [2.45, 2.75) is 12.3 Å². The Bertz CT molecular complexity index is 589. The summed E-state index contributed by atoms with van der Waals surface area (Å²) in [5, 5.41) is 2.59. The van der Waals surface area contributed by atoms with Crippen LogP contribution in [0, 0.1) is 0 Å². The van der Waals surface area contributed by atoms with Crippen LogP contribution in [0.25, 0.3) is 0 Å². The molecule has 1 aliphatic heterocycles. The van der Waals surface area contributed by atoms with Gasteiger partial charge in [0.25, 0.3) is 5.91 Å². The van der Waals surface area contributed by atoms with Crippen molar-refractivity contribution >= 4 is 50.5 Å². The van der Waals surface area contributed by atoms with E-state index in [2.05, 4.69) is 11.2 Å². The van der Waals surface area contributed by atoms with E-state index in [1.54, 1.807) is 6.92 Å². The van der Waals surface area contributed by atoms with Crippen molar-refractivity contribution in [3.05, 3.63) is 30.3 Å². The molecular formula is C14H16N2O3S2. The number of benzene rings is 1. The Morgan fingerprint density at radius 2 is 2.14 bits per heavy atom. The lowest BCUT2D eigenvalue weighted by Crippen LogP contribution is -2.38. The van der Waals surface area contributed by atoms with Crippen molar-refractivity contribution in [2.24, 2.45) is 0 Å². The van der Waals surface area contributed by atoms with E-state index < -0.39 is 21.8 Å². The lowest BCUT2D eigenvalue weighted by Gasteiger charge is -2.15. The smallest absolute Gasteiger partial charge is 0.326 e. The Balaban J connectivity index is 2.11. The van der Waals surface area contributed by atoms with Crippen molar-refractivity contribution in [3.63, 3.8) is 0 Å². The molecule has 1 aromatic carbocycles. The standard InChI is InChI=1S/C14H16N2O3S2/c1-3-19-11(17)9-16-13(18)12(21(2)14(16)20)15-10-7-5-4-6-8-10/h4-8,12,15H,2-3,9H2,1H3. The van der Waals surface area contributed by atoms with E-state index in [0.29, 0.717) is 4.32 Å². The van der Waals surface area contributed by atoms with Crippen LogP contribution in [0.3, 0.4) is 0 Å². The highest BCUT2D eigenvalue weighted by Gasteiger charge is 2.39. The van der Waals surface area contributed by atoms with Crippen molar-refractivity contribution in [1.29, 1.82) is 0 Å². The molecule has 0 spiro atoms. The molecule has 0 aromatic heterocycles. The molecular weight excluding hydrogens is 308 g/mol. The number of carbonyl (C=O) groups is 2. The molecule has 112 valence electrons. The Kier molecular flexibility index (Phi) is 5.08. The van der Waals surface area contributed by atoms with E-state index in [4.69, 9.17) is 17.0 Å². The summed E-state index contributed by atoms with van der Waals surface area (Å²) in [6.45, 7) is 1.83. The number of hydrogen-bond acceptors (Lipinski definition) is 5. The lowest BCUT2D eigenvalue weighted by molar-refractivity contribution is -0.146. The summed E-state index contributed by atoms with van der Waals surface area (Å²) in [7, 11) is -0.697. The summed E-state index contributed by atoms with van der Waals surface area (Å²) in [5.41, 5.74) is 0.817. The van der Waals surface area contributed by atoms with Crippen LogP contribution in [0.15, 0.2) is 30.3 Å². The number of nitrogens with zero attached hydrogens (tertiary/aromatic N) is 1. The number of anilines is 1. The van der Waals surface area contributed by atoms with Gasteiger partial charge in [0.1, 0.15) is 10.9 Å². The predicted molar refractivity (Wildman–Crippen MR) is 89.5 cm³/mol. The van der Waals surface area contributed by atoms with Crippen LogP contribution in [0.5, 0.6) is 0 Å². The van der Waals surface area contributed by atoms with Crippen LogP contribution < -0.4 is 5.32 Å². The number of hydrogen-bond donors (Lipinski definition) is 1. The van der Waals surface area contributed by atoms with Gasteiger partial charge in [-0.25, -0.2) is 0 Å². The Morgan fingerprint density at radius 1 is 1.48 bits per heavy atom. The van der Waals surface area contributed by atoms with Crippen molar-refractivity contribution in [3.8, 4) is 0 Å². The fourth-order valence-electron chi connectivity index (χ4n) is 1.89. The molecule has 1 amide bonds. The zero-order valence-electron chi connectivity index (χ0n) is 11.6. The van der Waals surface area contributed by atoms with Gasteiger partial charge in [-0.1, -0.05) is 36.3 Å². The largest absolute Gasteiger partial charge is 0.465 e. The zero-order valence-corrected chi connectivity index (χ0v) is 13.2. The van der Waals surface area contributed by atoms with E-state index in [1.165, 1.54) is 4.90 Å². The summed E-state index contributed by atoms with van der Waals surface area (Å²) in [6.07, 6.45) is 0. The summed E-state index contributed by atoms with van der Waals surface area (Å²) in [6, 6.07) is 9.36. The predicted octanol–water partition coefficient (Wildman–Crippen LogP) is 1.82. The zero-order chi connectivity index (χ0) is 15.4. The highest BCUT2D eigenvalue weighted by molar-refractivity contribution is 8.35. The van der Waals surface area contributed by atoms with Crippen LogP contribution >= 0.6 is 22.7 Å². The number of nitrogens with one attached hydrogen (secondary N) is 1. The van der Waals surface area contributed by atoms with E-state index in [9.17, 15) is 9.59 Å². The maximum Gasteiger partial charge on any atom is 0.326 e. The summed E-state index contributed by atoms with van der Waals surface area (Å²) < 4.78 is 5.25. The van der Waals surface area contributed by atoms with Gasteiger partial charge in [0.05, 0.1) is 6.61 Å². The summed E-state index contributed by atoms with van der Waals surface area (Å²) in [4.78, 5) is 25.2. The Hall–Kier alpha value is -1.73. The maximum absolute atomic E-state index is 12.4. The van der Waals surface area contributed by atoms with E-state index in [-0.39, 0.29) is 19.1 Å². The van der Waals surface area contributed by atoms with Gasteiger partial charge in [0.2, 0.25) is 0 Å². The second-order valence-electron chi connectivity index (χ2n) is 4.31. The molecule has 1 fully saturated rings. The average Bonchev–Trinajstić information content (AvgIpc) is 2.66. The van der Waals surface area contributed by atoms with Gasteiger partial charge in [-0.05, 0) is 19.1 Å². The topological polar surface area (TPSA) is 58.6 Å². The first kappa shape index (κ1) is 15.7. The molecule has 1 heterocycles. The van der Waals surface area contributed by atoms with Crippen LogP contribution in [0.2, 0.25) is 0 Å². The quantitative estimate of drug-likeness (QED) is 0.661. The fraction of sp³-hybridized carbons (Fsp3) is 0.286. The molecule has 1 aromatic rings. The van der Waals surface area contributed by atoms with Gasteiger partial charge in [0, 0.05) is 5.69 Å².